The van der Waals surface area contributed by atoms with Crippen LogP contribution >= 0.6 is 0 Å². The highest BCUT2D eigenvalue weighted by Crippen LogP contribution is 2.17. The van der Waals surface area contributed by atoms with Crippen molar-refractivity contribution < 1.29 is 14.3 Å². The molecule has 2 rings (SSSR count). The van der Waals surface area contributed by atoms with Gasteiger partial charge in [-0.2, -0.15) is 0 Å². The lowest BCUT2D eigenvalue weighted by Gasteiger charge is -2.03. The fourth-order valence-corrected chi connectivity index (χ4v) is 1.73. The number of aromatic nitrogens is 2. The molecule has 0 radical (unpaired) electrons. The highest BCUT2D eigenvalue weighted by atomic mass is 19.1. The predicted molar refractivity (Wildman–Crippen MR) is 56.7 cm³/mol. The van der Waals surface area contributed by atoms with Gasteiger partial charge >= 0.3 is 5.97 Å². The highest BCUT2D eigenvalue weighted by molar-refractivity contribution is 5.78. The maximum absolute atomic E-state index is 13.0. The Balaban J connectivity index is 2.63. The third-order valence-corrected chi connectivity index (χ3v) is 2.40. The summed E-state index contributed by atoms with van der Waals surface area (Å²) < 4.78 is 14.6. The molecule has 0 atom stereocenters. The minimum Gasteiger partial charge on any atom is -0.480 e. The van der Waals surface area contributed by atoms with Crippen molar-refractivity contribution in [2.24, 2.45) is 0 Å². The first-order valence-electron chi connectivity index (χ1n) is 4.98. The van der Waals surface area contributed by atoms with Gasteiger partial charge in [0.15, 0.2) is 0 Å². The van der Waals surface area contributed by atoms with Crippen LogP contribution < -0.4 is 0 Å². The Morgan fingerprint density at radius 2 is 2.31 bits per heavy atom. The molecule has 0 bridgehead atoms. The summed E-state index contributed by atoms with van der Waals surface area (Å²) >= 11 is 0. The number of rotatable bonds is 3. The molecule has 1 aromatic carbocycles. The number of fused-ring (bicyclic) bond motifs is 1. The number of imidazole rings is 1. The van der Waals surface area contributed by atoms with E-state index in [4.69, 9.17) is 5.11 Å². The van der Waals surface area contributed by atoms with Crippen molar-refractivity contribution >= 4 is 17.0 Å². The van der Waals surface area contributed by atoms with Crippen molar-refractivity contribution in [3.63, 3.8) is 0 Å². The SMILES string of the molecule is CCc1nc2cc(F)ccc2n1CC(=O)O. The largest absolute Gasteiger partial charge is 0.480 e. The lowest BCUT2D eigenvalue weighted by molar-refractivity contribution is -0.137. The second kappa shape index (κ2) is 3.92. The van der Waals surface area contributed by atoms with E-state index in [1.807, 2.05) is 6.92 Å². The van der Waals surface area contributed by atoms with Crippen LogP contribution in [0.15, 0.2) is 18.2 Å². The van der Waals surface area contributed by atoms with Crippen LogP contribution in [0.5, 0.6) is 0 Å². The molecule has 4 nitrogen and oxygen atoms in total. The summed E-state index contributed by atoms with van der Waals surface area (Å²) in [5.74, 6) is -0.642. The van der Waals surface area contributed by atoms with Gasteiger partial charge in [-0.05, 0) is 12.1 Å². The molecule has 0 unspecified atom stereocenters. The molecule has 0 fully saturated rings. The molecule has 84 valence electrons. The van der Waals surface area contributed by atoms with Crippen molar-refractivity contribution in [3.8, 4) is 0 Å². The van der Waals surface area contributed by atoms with Crippen LogP contribution in [0.3, 0.4) is 0 Å². The van der Waals surface area contributed by atoms with E-state index < -0.39 is 5.97 Å². The lowest BCUT2D eigenvalue weighted by Crippen LogP contribution is -2.11. The van der Waals surface area contributed by atoms with E-state index in [-0.39, 0.29) is 12.4 Å². The Kier molecular flexibility index (Phi) is 2.60. The van der Waals surface area contributed by atoms with Crippen LogP contribution in [-0.2, 0) is 17.8 Å². The molecule has 5 heteroatoms. The third-order valence-electron chi connectivity index (χ3n) is 2.40. The maximum atomic E-state index is 13.0. The first kappa shape index (κ1) is 10.6. The first-order chi connectivity index (χ1) is 7.61. The Hall–Kier alpha value is -1.91. The van der Waals surface area contributed by atoms with Gasteiger partial charge in [0.2, 0.25) is 0 Å². The molecular weight excluding hydrogens is 211 g/mol. The van der Waals surface area contributed by atoms with E-state index in [1.54, 1.807) is 10.6 Å². The second-order valence-electron chi connectivity index (χ2n) is 3.49. The Morgan fingerprint density at radius 1 is 1.56 bits per heavy atom. The smallest absolute Gasteiger partial charge is 0.323 e. The summed E-state index contributed by atoms with van der Waals surface area (Å²) in [5.41, 5.74) is 1.15. The van der Waals surface area contributed by atoms with Gasteiger partial charge in [0, 0.05) is 12.5 Å². The van der Waals surface area contributed by atoms with Crippen molar-refractivity contribution in [1.29, 1.82) is 0 Å². The molecule has 0 amide bonds. The monoisotopic (exact) mass is 222 g/mol. The summed E-state index contributed by atoms with van der Waals surface area (Å²) in [5, 5.41) is 8.80. The summed E-state index contributed by atoms with van der Waals surface area (Å²) in [7, 11) is 0. The van der Waals surface area contributed by atoms with Crippen molar-refractivity contribution in [3.05, 3.63) is 29.8 Å². The third kappa shape index (κ3) is 1.76. The van der Waals surface area contributed by atoms with Gasteiger partial charge in [-0.1, -0.05) is 6.92 Å². The number of benzene rings is 1. The van der Waals surface area contributed by atoms with Crippen molar-refractivity contribution in [2.75, 3.05) is 0 Å². The van der Waals surface area contributed by atoms with Crippen LogP contribution in [-0.4, -0.2) is 20.6 Å². The summed E-state index contributed by atoms with van der Waals surface area (Å²) in [4.78, 5) is 14.9. The van der Waals surface area contributed by atoms with Crippen LogP contribution in [0.2, 0.25) is 0 Å². The number of hydrogen-bond donors (Lipinski definition) is 1. The summed E-state index contributed by atoms with van der Waals surface area (Å²) in [6, 6.07) is 4.18. The van der Waals surface area contributed by atoms with E-state index in [9.17, 15) is 9.18 Å². The maximum Gasteiger partial charge on any atom is 0.323 e. The fraction of sp³-hybridized carbons (Fsp3) is 0.273. The first-order valence-corrected chi connectivity index (χ1v) is 4.98. The Morgan fingerprint density at radius 3 is 2.94 bits per heavy atom. The standard InChI is InChI=1S/C11H11FN2O2/c1-2-10-13-8-5-7(12)3-4-9(8)14(10)6-11(15)16/h3-5H,2,6H2,1H3,(H,15,16). The number of aryl methyl sites for hydroxylation is 1. The van der Waals surface area contributed by atoms with Gasteiger partial charge in [0.25, 0.3) is 0 Å². The van der Waals surface area contributed by atoms with Gasteiger partial charge < -0.3 is 9.67 Å². The molecule has 16 heavy (non-hydrogen) atoms. The van der Waals surface area contributed by atoms with Gasteiger partial charge in [-0.25, -0.2) is 9.37 Å². The van der Waals surface area contributed by atoms with E-state index in [1.165, 1.54) is 12.1 Å². The molecule has 1 heterocycles. The lowest BCUT2D eigenvalue weighted by atomic mass is 10.3. The molecule has 0 spiro atoms. The minimum absolute atomic E-state index is 0.148. The zero-order valence-electron chi connectivity index (χ0n) is 8.77. The number of carboxylic acids is 1. The molecule has 2 aromatic rings. The van der Waals surface area contributed by atoms with E-state index in [0.29, 0.717) is 23.3 Å². The molecule has 0 saturated carbocycles. The van der Waals surface area contributed by atoms with Gasteiger partial charge in [-0.3, -0.25) is 4.79 Å². The van der Waals surface area contributed by atoms with Crippen molar-refractivity contribution in [2.45, 2.75) is 19.9 Å². The molecule has 0 aliphatic rings. The number of hydrogen-bond acceptors (Lipinski definition) is 2. The molecule has 0 saturated heterocycles. The van der Waals surface area contributed by atoms with E-state index in [2.05, 4.69) is 4.98 Å². The van der Waals surface area contributed by atoms with Crippen LogP contribution in [0.4, 0.5) is 4.39 Å². The number of halogens is 1. The number of aliphatic carboxylic acids is 1. The molecule has 1 N–H and O–H groups in total. The average Bonchev–Trinajstić information content (AvgIpc) is 2.55. The molecular formula is C11H11FN2O2. The zero-order valence-corrected chi connectivity index (χ0v) is 8.77. The van der Waals surface area contributed by atoms with Crippen LogP contribution in [0.1, 0.15) is 12.7 Å². The number of carbonyl (C=O) groups is 1. The Bertz CT molecular complexity index is 548. The van der Waals surface area contributed by atoms with Crippen molar-refractivity contribution in [1.82, 2.24) is 9.55 Å². The van der Waals surface area contributed by atoms with E-state index >= 15 is 0 Å². The van der Waals surface area contributed by atoms with Crippen LogP contribution in [0.25, 0.3) is 11.0 Å². The molecule has 0 aliphatic heterocycles. The molecule has 1 aromatic heterocycles. The fourth-order valence-electron chi connectivity index (χ4n) is 1.73. The Labute approximate surface area is 91.3 Å². The topological polar surface area (TPSA) is 55.1 Å². The quantitative estimate of drug-likeness (QED) is 0.861. The number of nitrogens with zero attached hydrogens (tertiary/aromatic N) is 2. The normalized spacial score (nSPS) is 10.9. The van der Waals surface area contributed by atoms with E-state index in [0.717, 1.165) is 0 Å². The molecule has 0 aliphatic carbocycles. The summed E-state index contributed by atoms with van der Waals surface area (Å²) in [6.45, 7) is 1.74. The van der Waals surface area contributed by atoms with Gasteiger partial charge in [0.05, 0.1) is 11.0 Å². The average molecular weight is 222 g/mol. The number of carboxylic acid groups (broad SMARTS) is 1. The van der Waals surface area contributed by atoms with Gasteiger partial charge in [0.1, 0.15) is 18.2 Å². The predicted octanol–water partition coefficient (Wildman–Crippen LogP) is 1.82. The summed E-state index contributed by atoms with van der Waals surface area (Å²) in [6.07, 6.45) is 0.615. The van der Waals surface area contributed by atoms with Crippen LogP contribution in [0, 0.1) is 5.82 Å². The zero-order chi connectivity index (χ0) is 11.7. The second-order valence-corrected chi connectivity index (χ2v) is 3.49. The minimum atomic E-state index is -0.932. The van der Waals surface area contributed by atoms with Gasteiger partial charge in [-0.15, -0.1) is 0 Å². The highest BCUT2D eigenvalue weighted by Gasteiger charge is 2.12.